The maximum Gasteiger partial charge on any atom is 0.318 e. The summed E-state index contributed by atoms with van der Waals surface area (Å²) in [6.45, 7) is 3.32. The van der Waals surface area contributed by atoms with Gasteiger partial charge in [0.2, 0.25) is 0 Å². The number of fused-ring (bicyclic) bond motifs is 3. The zero-order valence-corrected chi connectivity index (χ0v) is 25.8. The average molecular weight is 631 g/mol. The lowest BCUT2D eigenvalue weighted by molar-refractivity contribution is -0.0464. The van der Waals surface area contributed by atoms with Crippen LogP contribution in [-0.2, 0) is 0 Å². The number of anilines is 1. The van der Waals surface area contributed by atoms with Gasteiger partial charge in [-0.3, -0.25) is 4.90 Å². The molecular weight excluding hydrogens is 593 g/mol. The number of hydrogen-bond acceptors (Lipinski definition) is 7. The predicted molar refractivity (Wildman–Crippen MR) is 172 cm³/mol. The van der Waals surface area contributed by atoms with Gasteiger partial charge in [-0.05, 0) is 92.1 Å². The Hall–Kier alpha value is -4.07. The van der Waals surface area contributed by atoms with E-state index in [2.05, 4.69) is 25.7 Å². The monoisotopic (exact) mass is 630 g/mol. The van der Waals surface area contributed by atoms with Gasteiger partial charge < -0.3 is 19.8 Å². The molecule has 2 N–H and O–H groups in total. The number of terminal acetylenes is 1. The number of aliphatic hydroxyl groups excluding tert-OH is 1. The second-order valence-electron chi connectivity index (χ2n) is 13.2. The lowest BCUT2D eigenvalue weighted by Crippen LogP contribution is -2.49. The predicted octanol–water partition coefficient (Wildman–Crippen LogP) is 6.36. The molecule has 10 heteroatoms. The van der Waals surface area contributed by atoms with E-state index in [9.17, 15) is 19.0 Å². The molecule has 0 amide bonds. The minimum Gasteiger partial charge on any atom is -0.508 e. The highest BCUT2D eigenvalue weighted by molar-refractivity contribution is 6.04. The first-order valence-corrected chi connectivity index (χ1v) is 16.0. The largest absolute Gasteiger partial charge is 0.508 e. The number of ether oxygens (including phenoxy) is 1. The van der Waals surface area contributed by atoms with Crippen LogP contribution in [0.15, 0.2) is 36.4 Å². The van der Waals surface area contributed by atoms with Crippen molar-refractivity contribution < 1.29 is 28.1 Å². The number of aromatic hydroxyl groups is 1. The Bertz CT molecular complexity index is 1830. The number of piperidine rings is 1. The van der Waals surface area contributed by atoms with Gasteiger partial charge in [0.1, 0.15) is 29.1 Å². The van der Waals surface area contributed by atoms with Gasteiger partial charge in [0.15, 0.2) is 5.82 Å². The van der Waals surface area contributed by atoms with Crippen LogP contribution < -0.4 is 9.64 Å². The Balaban J connectivity index is 0.000000321. The summed E-state index contributed by atoms with van der Waals surface area (Å²) in [4.78, 5) is 13.3. The average Bonchev–Trinajstić information content (AvgIpc) is 3.62. The number of nitrogens with zero attached hydrogens (tertiary/aromatic N) is 4. The molecule has 4 aromatic rings. The van der Waals surface area contributed by atoms with Crippen LogP contribution in [0, 0.1) is 29.4 Å². The third-order valence-electron chi connectivity index (χ3n) is 10.4. The second-order valence-corrected chi connectivity index (χ2v) is 13.2. The van der Waals surface area contributed by atoms with Crippen molar-refractivity contribution >= 4 is 27.5 Å². The Kier molecular flexibility index (Phi) is 7.94. The lowest BCUT2D eigenvalue weighted by Gasteiger charge is -2.50. The Morgan fingerprint density at radius 2 is 1.83 bits per heavy atom. The third-order valence-corrected chi connectivity index (χ3v) is 10.4. The number of alkyl halides is 1. The molecule has 3 aromatic carbocycles. The highest BCUT2D eigenvalue weighted by Crippen LogP contribution is 2.50. The molecule has 2 unspecified atom stereocenters. The van der Waals surface area contributed by atoms with Crippen molar-refractivity contribution in [2.75, 3.05) is 38.2 Å². The third kappa shape index (κ3) is 5.39. The molecule has 2 atom stereocenters. The van der Waals surface area contributed by atoms with Crippen molar-refractivity contribution in [1.29, 1.82) is 0 Å². The SMILES string of the molecule is C#Cc1c(F)ccc2cc(O)cc(-c3ccc4c(N5CCC6(CC5)CC(O)C6)nc(OC)nc4c3F)c12.FC1CC2CCCN2C1. The van der Waals surface area contributed by atoms with E-state index >= 15 is 4.39 Å². The Morgan fingerprint density at radius 3 is 2.52 bits per heavy atom. The summed E-state index contributed by atoms with van der Waals surface area (Å²) in [7, 11) is 1.43. The molecule has 46 heavy (non-hydrogen) atoms. The summed E-state index contributed by atoms with van der Waals surface area (Å²) in [5.74, 6) is 1.61. The van der Waals surface area contributed by atoms with Crippen molar-refractivity contribution in [3.63, 3.8) is 0 Å². The molecule has 8 rings (SSSR count). The molecule has 0 bridgehead atoms. The van der Waals surface area contributed by atoms with Crippen LogP contribution in [0.2, 0.25) is 0 Å². The fraction of sp³-hybridized carbons (Fsp3) is 0.444. The summed E-state index contributed by atoms with van der Waals surface area (Å²) in [5.41, 5.74) is 0.639. The first-order valence-electron chi connectivity index (χ1n) is 16.0. The summed E-state index contributed by atoms with van der Waals surface area (Å²) < 4.78 is 48.7. The number of hydrogen-bond donors (Lipinski definition) is 2. The minimum absolute atomic E-state index is 0.00341. The van der Waals surface area contributed by atoms with E-state index in [-0.39, 0.29) is 45.5 Å². The molecule has 0 radical (unpaired) electrons. The molecule has 1 aromatic heterocycles. The highest BCUT2D eigenvalue weighted by atomic mass is 19.1. The molecule has 7 nitrogen and oxygen atoms in total. The number of phenolic OH excluding ortho intramolecular Hbond substituents is 1. The molecular formula is C36H37F3N4O3. The number of benzene rings is 3. The van der Waals surface area contributed by atoms with Crippen molar-refractivity contribution in [2.24, 2.45) is 5.41 Å². The van der Waals surface area contributed by atoms with E-state index in [0.29, 0.717) is 34.6 Å². The summed E-state index contributed by atoms with van der Waals surface area (Å²) in [6.07, 6.45) is 11.7. The first kappa shape index (κ1) is 30.6. The number of halogens is 3. The molecule has 1 spiro atoms. The summed E-state index contributed by atoms with van der Waals surface area (Å²) in [6, 6.07) is 9.55. The van der Waals surface area contributed by atoms with E-state index in [4.69, 9.17) is 11.2 Å². The molecule has 1 aliphatic carbocycles. The fourth-order valence-electron chi connectivity index (χ4n) is 8.01. The van der Waals surface area contributed by atoms with Gasteiger partial charge in [-0.15, -0.1) is 6.42 Å². The number of methoxy groups -OCH3 is 1. The van der Waals surface area contributed by atoms with E-state index in [1.54, 1.807) is 12.1 Å². The summed E-state index contributed by atoms with van der Waals surface area (Å²) >= 11 is 0. The smallest absolute Gasteiger partial charge is 0.318 e. The molecule has 4 heterocycles. The van der Waals surface area contributed by atoms with Gasteiger partial charge in [0, 0.05) is 42.0 Å². The van der Waals surface area contributed by atoms with Crippen LogP contribution in [0.25, 0.3) is 32.8 Å². The van der Waals surface area contributed by atoms with Gasteiger partial charge in [0.25, 0.3) is 0 Å². The number of aromatic nitrogens is 2. The number of rotatable bonds is 3. The standard InChI is InChI=1S/C29H25F2N3O3.C7H12FN/c1-3-19-23(30)7-4-16-12-17(35)13-22(24(16)19)20-5-6-21-26(25(20)31)32-28(37-2)33-27(21)34-10-8-29(9-11-34)14-18(36)15-29;8-6-4-7-2-1-3-9(7)5-6/h1,4-7,12-13,18,35-36H,8-11,14-15H2,2H3;6-7H,1-5H2. The second kappa shape index (κ2) is 11.9. The van der Waals surface area contributed by atoms with Crippen molar-refractivity contribution in [1.82, 2.24) is 14.9 Å². The molecule has 4 aliphatic rings. The number of aliphatic hydroxyl groups is 1. The zero-order valence-electron chi connectivity index (χ0n) is 25.8. The van der Waals surface area contributed by atoms with Crippen molar-refractivity contribution in [2.45, 2.75) is 63.3 Å². The minimum atomic E-state index is -0.644. The van der Waals surface area contributed by atoms with Crippen LogP contribution in [-0.4, -0.2) is 76.7 Å². The van der Waals surface area contributed by atoms with Crippen molar-refractivity contribution in [3.8, 4) is 35.2 Å². The first-order chi connectivity index (χ1) is 22.2. The maximum absolute atomic E-state index is 16.2. The van der Waals surface area contributed by atoms with Crippen LogP contribution in [0.1, 0.15) is 50.5 Å². The Morgan fingerprint density at radius 1 is 1.04 bits per heavy atom. The van der Waals surface area contributed by atoms with Crippen LogP contribution >= 0.6 is 0 Å². The molecule has 1 saturated carbocycles. The van der Waals surface area contributed by atoms with Crippen molar-refractivity contribution in [3.05, 3.63) is 53.6 Å². The lowest BCUT2D eigenvalue weighted by atomic mass is 9.61. The van der Waals surface area contributed by atoms with E-state index < -0.39 is 17.8 Å². The van der Waals surface area contributed by atoms with Gasteiger partial charge in [-0.2, -0.15) is 9.97 Å². The van der Waals surface area contributed by atoms with Crippen LogP contribution in [0.4, 0.5) is 19.0 Å². The number of phenols is 1. The quantitative estimate of drug-likeness (QED) is 0.255. The zero-order chi connectivity index (χ0) is 32.2. The van der Waals surface area contributed by atoms with Gasteiger partial charge in [-0.1, -0.05) is 18.1 Å². The summed E-state index contributed by atoms with van der Waals surface area (Å²) in [5, 5.41) is 21.5. The van der Waals surface area contributed by atoms with E-state index in [1.807, 2.05) is 0 Å². The molecule has 3 aliphatic heterocycles. The normalized spacial score (nSPS) is 22.4. The van der Waals surface area contributed by atoms with Crippen LogP contribution in [0.5, 0.6) is 11.8 Å². The van der Waals surface area contributed by atoms with Crippen LogP contribution in [0.3, 0.4) is 0 Å². The molecule has 240 valence electrons. The van der Waals surface area contributed by atoms with Gasteiger partial charge in [0.05, 0.1) is 18.8 Å². The Labute approximate surface area is 266 Å². The molecule has 3 saturated heterocycles. The van der Waals surface area contributed by atoms with Gasteiger partial charge in [-0.25, -0.2) is 13.2 Å². The highest BCUT2D eigenvalue weighted by Gasteiger charge is 2.45. The topological polar surface area (TPSA) is 82.0 Å². The van der Waals surface area contributed by atoms with E-state index in [1.165, 1.54) is 44.2 Å². The van der Waals surface area contributed by atoms with Gasteiger partial charge >= 0.3 is 6.01 Å². The molecule has 4 fully saturated rings. The fourth-order valence-corrected chi connectivity index (χ4v) is 8.01. The maximum atomic E-state index is 16.2. The van der Waals surface area contributed by atoms with E-state index in [0.717, 1.165) is 51.7 Å².